The first-order valence-electron chi connectivity index (χ1n) is 8.27. The number of thioether (sulfide) groups is 1. The summed E-state index contributed by atoms with van der Waals surface area (Å²) >= 11 is 17.6. The second-order valence-corrected chi connectivity index (χ2v) is 10.7. The van der Waals surface area contributed by atoms with Gasteiger partial charge in [0.2, 0.25) is 0 Å². The van der Waals surface area contributed by atoms with Gasteiger partial charge in [0, 0.05) is 23.1 Å². The maximum absolute atomic E-state index is 12.8. The fourth-order valence-corrected chi connectivity index (χ4v) is 6.18. The van der Waals surface area contributed by atoms with Gasteiger partial charge in [-0.15, -0.1) is 23.1 Å². The Morgan fingerprint density at radius 1 is 1.37 bits per heavy atom. The number of aliphatic carboxylic acids is 1. The van der Waals surface area contributed by atoms with Gasteiger partial charge in [-0.2, -0.15) is 0 Å². The highest BCUT2D eigenvalue weighted by atomic mass is 79.9. The summed E-state index contributed by atoms with van der Waals surface area (Å²) in [5.74, 6) is -2.87. The number of nitrogens with one attached hydrogen (secondary N) is 1. The summed E-state index contributed by atoms with van der Waals surface area (Å²) in [7, 11) is 0. The minimum atomic E-state index is -1.31. The highest BCUT2D eigenvalue weighted by Crippen LogP contribution is 2.41. The molecule has 30 heavy (non-hydrogen) atoms. The summed E-state index contributed by atoms with van der Waals surface area (Å²) in [6, 6.07) is 2.44. The molecule has 0 spiro atoms. The van der Waals surface area contributed by atoms with Crippen LogP contribution in [0.15, 0.2) is 31.7 Å². The summed E-state index contributed by atoms with van der Waals surface area (Å²) in [6.45, 7) is 0.985. The zero-order valence-corrected chi connectivity index (χ0v) is 19.8. The number of β-lactam (4-membered cyclic amide) rings is 1. The molecule has 160 valence electrons. The lowest BCUT2D eigenvalue weighted by atomic mass is 10.0. The van der Waals surface area contributed by atoms with Crippen molar-refractivity contribution in [2.24, 2.45) is 0 Å². The molecule has 3 heterocycles. The molecule has 3 rings (SSSR count). The first-order valence-corrected chi connectivity index (χ1v) is 11.7. The molecule has 0 aromatic carbocycles. The SMILES string of the molecule is CC(=O)OCC1=C(C(=O)O)N2C(=O)C(NC(=O)C(=C(Cl)Cl)c3ccc(Br)s3)[C@H]2SC1. The molecule has 1 saturated heterocycles. The van der Waals surface area contributed by atoms with Crippen molar-refractivity contribution >= 4 is 91.6 Å². The molecule has 0 bridgehead atoms. The topological polar surface area (TPSA) is 113 Å². The van der Waals surface area contributed by atoms with Crippen LogP contribution < -0.4 is 5.32 Å². The number of carbonyl (C=O) groups is 4. The Hall–Kier alpha value is -1.53. The number of carboxylic acid groups (broad SMARTS) is 1. The average molecular weight is 556 g/mol. The van der Waals surface area contributed by atoms with Crippen LogP contribution in [0.25, 0.3) is 5.57 Å². The number of amides is 2. The van der Waals surface area contributed by atoms with E-state index in [2.05, 4.69) is 21.2 Å². The lowest BCUT2D eigenvalue weighted by Gasteiger charge is -2.49. The fraction of sp³-hybridized carbons (Fsp3) is 0.294. The summed E-state index contributed by atoms with van der Waals surface area (Å²) in [6.07, 6.45) is 0. The van der Waals surface area contributed by atoms with Crippen molar-refractivity contribution in [1.82, 2.24) is 10.2 Å². The lowest BCUT2D eigenvalue weighted by molar-refractivity contribution is -0.150. The van der Waals surface area contributed by atoms with E-state index in [4.69, 9.17) is 27.9 Å². The van der Waals surface area contributed by atoms with E-state index in [0.717, 1.165) is 8.69 Å². The molecule has 2 aliphatic heterocycles. The van der Waals surface area contributed by atoms with Crippen LogP contribution in [-0.2, 0) is 23.9 Å². The molecule has 2 N–H and O–H groups in total. The molecule has 1 unspecified atom stereocenters. The van der Waals surface area contributed by atoms with E-state index in [-0.39, 0.29) is 28.1 Å². The highest BCUT2D eigenvalue weighted by Gasteiger charge is 2.54. The second kappa shape index (κ2) is 9.31. The Morgan fingerprint density at radius 3 is 2.60 bits per heavy atom. The molecule has 1 fully saturated rings. The number of carbonyl (C=O) groups excluding carboxylic acids is 3. The van der Waals surface area contributed by atoms with E-state index in [1.807, 2.05) is 0 Å². The predicted octanol–water partition coefficient (Wildman–Crippen LogP) is 2.96. The standard InChI is InChI=1S/C17H13BrCl2N2O6S2/c1-6(23)28-4-7-5-29-16-11(15(25)22(16)12(7)17(26)27)21-14(24)10(13(19)20)8-2-3-9(18)30-8/h2-3,11,16H,4-5H2,1H3,(H,21,24)(H,26,27)/t11?,16-/m1/s1. The number of nitrogens with zero attached hydrogens (tertiary/aromatic N) is 1. The summed E-state index contributed by atoms with van der Waals surface area (Å²) < 4.78 is 5.40. The third kappa shape index (κ3) is 4.54. The summed E-state index contributed by atoms with van der Waals surface area (Å²) in [5, 5.41) is 11.5. The van der Waals surface area contributed by atoms with Gasteiger partial charge < -0.3 is 15.2 Å². The van der Waals surface area contributed by atoms with Crippen molar-refractivity contribution in [2.45, 2.75) is 18.3 Å². The number of rotatable bonds is 6. The molecule has 2 aliphatic rings. The minimum absolute atomic E-state index is 0.0191. The molecule has 1 aromatic rings. The Kier molecular flexibility index (Phi) is 7.18. The molecular formula is C17H13BrCl2N2O6S2. The minimum Gasteiger partial charge on any atom is -0.477 e. The maximum atomic E-state index is 12.8. The molecule has 2 atom stereocenters. The van der Waals surface area contributed by atoms with Crippen LogP contribution in [0.1, 0.15) is 11.8 Å². The molecule has 0 radical (unpaired) electrons. The van der Waals surface area contributed by atoms with Gasteiger partial charge in [-0.05, 0) is 28.1 Å². The number of hydrogen-bond acceptors (Lipinski definition) is 7. The third-order valence-corrected chi connectivity index (χ3v) is 7.58. The largest absolute Gasteiger partial charge is 0.477 e. The zero-order valence-electron chi connectivity index (χ0n) is 15.1. The van der Waals surface area contributed by atoms with Gasteiger partial charge in [0.15, 0.2) is 0 Å². The van der Waals surface area contributed by atoms with Crippen LogP contribution in [0.4, 0.5) is 0 Å². The van der Waals surface area contributed by atoms with E-state index < -0.39 is 35.2 Å². The van der Waals surface area contributed by atoms with Crippen LogP contribution in [0.5, 0.6) is 0 Å². The van der Waals surface area contributed by atoms with Gasteiger partial charge in [-0.1, -0.05) is 23.2 Å². The van der Waals surface area contributed by atoms with Gasteiger partial charge in [0.05, 0.1) is 9.36 Å². The second-order valence-electron chi connectivity index (χ2n) is 6.14. The number of ether oxygens (including phenoxy) is 1. The van der Waals surface area contributed by atoms with Crippen molar-refractivity contribution in [3.63, 3.8) is 0 Å². The number of thiophene rings is 1. The Morgan fingerprint density at radius 2 is 2.07 bits per heavy atom. The van der Waals surface area contributed by atoms with Crippen LogP contribution in [0.2, 0.25) is 0 Å². The van der Waals surface area contributed by atoms with Gasteiger partial charge in [-0.25, -0.2) is 4.79 Å². The van der Waals surface area contributed by atoms with Crippen molar-refractivity contribution in [2.75, 3.05) is 12.4 Å². The van der Waals surface area contributed by atoms with Crippen molar-refractivity contribution in [3.8, 4) is 0 Å². The van der Waals surface area contributed by atoms with Crippen LogP contribution in [0, 0.1) is 0 Å². The van der Waals surface area contributed by atoms with E-state index in [1.54, 1.807) is 12.1 Å². The maximum Gasteiger partial charge on any atom is 0.352 e. The Balaban J connectivity index is 1.79. The van der Waals surface area contributed by atoms with E-state index >= 15 is 0 Å². The van der Waals surface area contributed by atoms with E-state index in [0.29, 0.717) is 10.5 Å². The Bertz CT molecular complexity index is 1000. The van der Waals surface area contributed by atoms with Crippen molar-refractivity contribution < 1.29 is 29.0 Å². The third-order valence-electron chi connectivity index (χ3n) is 4.22. The fourth-order valence-electron chi connectivity index (χ4n) is 2.94. The van der Waals surface area contributed by atoms with Gasteiger partial charge in [0.1, 0.15) is 28.2 Å². The normalized spacial score (nSPS) is 20.3. The molecule has 8 nitrogen and oxygen atoms in total. The molecule has 13 heteroatoms. The summed E-state index contributed by atoms with van der Waals surface area (Å²) in [4.78, 5) is 49.8. The molecule has 0 saturated carbocycles. The predicted molar refractivity (Wildman–Crippen MR) is 117 cm³/mol. The number of esters is 1. The average Bonchev–Trinajstić information content (AvgIpc) is 3.08. The zero-order chi connectivity index (χ0) is 22.2. The first-order chi connectivity index (χ1) is 14.1. The van der Waals surface area contributed by atoms with E-state index in [1.165, 1.54) is 30.0 Å². The molecule has 2 amide bonds. The van der Waals surface area contributed by atoms with Gasteiger partial charge in [0.25, 0.3) is 11.8 Å². The number of halogens is 3. The van der Waals surface area contributed by atoms with Crippen molar-refractivity contribution in [3.05, 3.63) is 36.6 Å². The van der Waals surface area contributed by atoms with Crippen LogP contribution in [0.3, 0.4) is 0 Å². The van der Waals surface area contributed by atoms with Crippen LogP contribution >= 0.6 is 62.2 Å². The number of carboxylic acids is 1. The van der Waals surface area contributed by atoms with E-state index in [9.17, 15) is 24.3 Å². The molecular weight excluding hydrogens is 543 g/mol. The number of fused-ring (bicyclic) bond motifs is 1. The number of hydrogen-bond donors (Lipinski definition) is 2. The monoisotopic (exact) mass is 554 g/mol. The Labute approximate surface area is 197 Å². The quantitative estimate of drug-likeness (QED) is 0.315. The molecule has 0 aliphatic carbocycles. The molecule has 1 aromatic heterocycles. The van der Waals surface area contributed by atoms with Crippen LogP contribution in [-0.4, -0.2) is 57.5 Å². The smallest absolute Gasteiger partial charge is 0.352 e. The lowest BCUT2D eigenvalue weighted by Crippen LogP contribution is -2.70. The van der Waals surface area contributed by atoms with Gasteiger partial charge in [-0.3, -0.25) is 19.3 Å². The van der Waals surface area contributed by atoms with Crippen molar-refractivity contribution in [1.29, 1.82) is 0 Å². The van der Waals surface area contributed by atoms with Gasteiger partial charge >= 0.3 is 11.9 Å². The first kappa shape index (κ1) is 23.1. The highest BCUT2D eigenvalue weighted by molar-refractivity contribution is 9.11. The summed E-state index contributed by atoms with van der Waals surface area (Å²) in [5.41, 5.74) is 0.0966.